The molecule has 4 N–H and O–H groups in total. The quantitative estimate of drug-likeness (QED) is 0.520. The number of benzene rings is 1. The van der Waals surface area contributed by atoms with Gasteiger partial charge in [0.05, 0.1) is 11.1 Å². The second-order valence-corrected chi connectivity index (χ2v) is 6.18. The Morgan fingerprint density at radius 2 is 1.92 bits per heavy atom. The number of nitrogen functional groups attached to an aromatic ring is 1. The summed E-state index contributed by atoms with van der Waals surface area (Å²) in [7, 11) is 1.78. The van der Waals surface area contributed by atoms with Crippen molar-refractivity contribution in [3.8, 4) is 0 Å². The number of nitrogens with one attached hydrogen (secondary N) is 2. The monoisotopic (exact) mass is 344 g/mol. The zero-order valence-electron chi connectivity index (χ0n) is 14.1. The fourth-order valence-electron chi connectivity index (χ4n) is 3.57. The molecule has 1 atom stereocenters. The number of piperidine rings is 1. The number of rotatable bonds is 4. The third-order valence-electron chi connectivity index (χ3n) is 4.67. The number of nitrogens with zero attached hydrogens (tertiary/aromatic N) is 1. The average Bonchev–Trinajstić information content (AvgIpc) is 2.81. The number of hydrogen-bond donors (Lipinski definition) is 3. The van der Waals surface area contributed by atoms with Crippen LogP contribution in [0.2, 0.25) is 0 Å². The topological polar surface area (TPSA) is 122 Å². The number of imide groups is 2. The first-order valence-electron chi connectivity index (χ1n) is 8.21. The van der Waals surface area contributed by atoms with Crippen molar-refractivity contribution in [3.05, 3.63) is 28.3 Å². The van der Waals surface area contributed by atoms with Crippen LogP contribution >= 0.6 is 0 Å². The molecule has 2 aliphatic rings. The van der Waals surface area contributed by atoms with Gasteiger partial charge in [-0.05, 0) is 37.1 Å². The molecule has 3 rings (SSSR count). The fraction of sp³-hybridized carbons (Fsp3) is 0.412. The zero-order valence-corrected chi connectivity index (χ0v) is 14.1. The van der Waals surface area contributed by atoms with Crippen molar-refractivity contribution in [1.29, 1.82) is 0 Å². The van der Waals surface area contributed by atoms with Gasteiger partial charge >= 0.3 is 0 Å². The van der Waals surface area contributed by atoms with E-state index in [0.29, 0.717) is 13.0 Å². The van der Waals surface area contributed by atoms with E-state index in [1.165, 1.54) is 0 Å². The molecule has 1 unspecified atom stereocenters. The number of fused-ring (bicyclic) bond motifs is 1. The van der Waals surface area contributed by atoms with Crippen molar-refractivity contribution in [2.45, 2.75) is 38.8 Å². The van der Waals surface area contributed by atoms with Crippen molar-refractivity contribution >= 4 is 29.3 Å². The summed E-state index contributed by atoms with van der Waals surface area (Å²) in [6.45, 7) is 2.41. The summed E-state index contributed by atoms with van der Waals surface area (Å²) in [5.41, 5.74) is 8.32. The van der Waals surface area contributed by atoms with Crippen molar-refractivity contribution in [2.24, 2.45) is 0 Å². The minimum atomic E-state index is -0.984. The Hall–Kier alpha value is -2.74. The molecule has 0 radical (unpaired) electrons. The average molecular weight is 344 g/mol. The van der Waals surface area contributed by atoms with E-state index in [4.69, 9.17) is 5.73 Å². The lowest BCUT2D eigenvalue weighted by atomic mass is 9.93. The maximum Gasteiger partial charge on any atom is 0.264 e. The Kier molecular flexibility index (Phi) is 4.30. The number of nitrogens with two attached hydrogens (primary N) is 1. The second-order valence-electron chi connectivity index (χ2n) is 6.18. The highest BCUT2D eigenvalue weighted by Crippen LogP contribution is 2.35. The van der Waals surface area contributed by atoms with Gasteiger partial charge in [0.15, 0.2) is 0 Å². The number of amides is 4. The van der Waals surface area contributed by atoms with E-state index in [9.17, 15) is 19.2 Å². The highest BCUT2D eigenvalue weighted by Gasteiger charge is 2.46. The summed E-state index contributed by atoms with van der Waals surface area (Å²) in [5, 5.41) is 5.21. The Labute approximate surface area is 144 Å². The van der Waals surface area contributed by atoms with Crippen molar-refractivity contribution in [2.75, 3.05) is 12.8 Å². The van der Waals surface area contributed by atoms with E-state index in [-0.39, 0.29) is 29.7 Å². The molecule has 1 saturated heterocycles. The Morgan fingerprint density at radius 1 is 1.24 bits per heavy atom. The number of hydrogen-bond acceptors (Lipinski definition) is 6. The highest BCUT2D eigenvalue weighted by molar-refractivity contribution is 6.26. The zero-order chi connectivity index (χ0) is 18.3. The summed E-state index contributed by atoms with van der Waals surface area (Å²) < 4.78 is 0. The standard InChI is InChI=1S/C17H20N4O4/c1-3-9-8(7-19-2)6-10(18)14-13(9)16(24)21(17(14)25)11-4-5-12(22)20-15(11)23/h6,11,19H,3-5,7,18H2,1-2H3,(H,20,22,23). The van der Waals surface area contributed by atoms with E-state index < -0.39 is 29.7 Å². The molecule has 8 nitrogen and oxygen atoms in total. The van der Waals surface area contributed by atoms with Crippen LogP contribution in [0.5, 0.6) is 0 Å². The van der Waals surface area contributed by atoms with E-state index >= 15 is 0 Å². The molecule has 0 aliphatic carbocycles. The van der Waals surface area contributed by atoms with E-state index in [1.54, 1.807) is 13.1 Å². The van der Waals surface area contributed by atoms with Crippen LogP contribution in [-0.4, -0.2) is 41.6 Å². The van der Waals surface area contributed by atoms with Crippen LogP contribution in [0.4, 0.5) is 5.69 Å². The lowest BCUT2D eigenvalue weighted by Gasteiger charge is -2.27. The molecule has 25 heavy (non-hydrogen) atoms. The van der Waals surface area contributed by atoms with Gasteiger partial charge in [-0.1, -0.05) is 6.92 Å². The third kappa shape index (κ3) is 2.58. The third-order valence-corrected chi connectivity index (χ3v) is 4.67. The molecule has 2 heterocycles. The summed E-state index contributed by atoms with van der Waals surface area (Å²) in [6.07, 6.45) is 0.771. The van der Waals surface area contributed by atoms with Crippen LogP contribution in [0.1, 0.15) is 51.6 Å². The van der Waals surface area contributed by atoms with E-state index in [2.05, 4.69) is 10.6 Å². The second kappa shape index (κ2) is 6.29. The first-order valence-corrected chi connectivity index (χ1v) is 8.21. The Morgan fingerprint density at radius 3 is 2.52 bits per heavy atom. The first kappa shape index (κ1) is 17.1. The highest BCUT2D eigenvalue weighted by atomic mass is 16.2. The van der Waals surface area contributed by atoms with Crippen LogP contribution < -0.4 is 16.4 Å². The predicted octanol–water partition coefficient (Wildman–Crippen LogP) is -0.0482. The smallest absolute Gasteiger partial charge is 0.264 e. The van der Waals surface area contributed by atoms with Gasteiger partial charge < -0.3 is 11.1 Å². The molecule has 2 aliphatic heterocycles. The van der Waals surface area contributed by atoms with Gasteiger partial charge in [-0.3, -0.25) is 29.4 Å². The minimum absolute atomic E-state index is 0.0882. The maximum atomic E-state index is 13.0. The van der Waals surface area contributed by atoms with Crippen molar-refractivity contribution < 1.29 is 19.2 Å². The maximum absolute atomic E-state index is 13.0. The summed E-state index contributed by atoms with van der Waals surface area (Å²) in [5.74, 6) is -2.12. The first-order chi connectivity index (χ1) is 11.9. The van der Waals surface area contributed by atoms with Crippen molar-refractivity contribution in [1.82, 2.24) is 15.5 Å². The molecule has 1 aromatic carbocycles. The Balaban J connectivity index is 2.09. The number of carbonyl (C=O) groups excluding carboxylic acids is 4. The van der Waals surface area contributed by atoms with Gasteiger partial charge in [0, 0.05) is 18.7 Å². The van der Waals surface area contributed by atoms with Crippen molar-refractivity contribution in [3.63, 3.8) is 0 Å². The molecule has 0 bridgehead atoms. The molecule has 0 saturated carbocycles. The van der Waals surface area contributed by atoms with E-state index in [1.807, 2.05) is 6.92 Å². The normalized spacial score (nSPS) is 20.1. The van der Waals surface area contributed by atoms with E-state index in [0.717, 1.165) is 16.0 Å². The number of anilines is 1. The van der Waals surface area contributed by atoms with Gasteiger partial charge in [0.1, 0.15) is 6.04 Å². The van der Waals surface area contributed by atoms with Gasteiger partial charge in [-0.15, -0.1) is 0 Å². The van der Waals surface area contributed by atoms with Crippen LogP contribution in [0, 0.1) is 0 Å². The minimum Gasteiger partial charge on any atom is -0.398 e. The summed E-state index contributed by atoms with van der Waals surface area (Å²) in [4.78, 5) is 50.2. The lowest BCUT2D eigenvalue weighted by molar-refractivity contribution is -0.136. The molecular weight excluding hydrogens is 324 g/mol. The summed E-state index contributed by atoms with van der Waals surface area (Å²) >= 11 is 0. The molecular formula is C17H20N4O4. The molecule has 132 valence electrons. The molecule has 0 aromatic heterocycles. The lowest BCUT2D eigenvalue weighted by Crippen LogP contribution is -2.54. The summed E-state index contributed by atoms with van der Waals surface area (Å²) in [6, 6.07) is 0.717. The van der Waals surface area contributed by atoms with Crippen LogP contribution in [0.15, 0.2) is 6.07 Å². The molecule has 1 fully saturated rings. The van der Waals surface area contributed by atoms with Crippen LogP contribution in [0.25, 0.3) is 0 Å². The van der Waals surface area contributed by atoms with Gasteiger partial charge in [-0.25, -0.2) is 0 Å². The largest absolute Gasteiger partial charge is 0.398 e. The molecule has 8 heteroatoms. The fourth-order valence-corrected chi connectivity index (χ4v) is 3.57. The predicted molar refractivity (Wildman–Crippen MR) is 89.7 cm³/mol. The molecule has 1 aromatic rings. The SMILES string of the molecule is CCc1c(CNC)cc(N)c2c1C(=O)N(C1CCC(=O)NC1=O)C2=O. The molecule has 4 amide bonds. The molecule has 0 spiro atoms. The van der Waals surface area contributed by atoms with Gasteiger partial charge in [0.2, 0.25) is 11.8 Å². The van der Waals surface area contributed by atoms with Crippen LogP contribution in [0.3, 0.4) is 0 Å². The Bertz CT molecular complexity index is 802. The van der Waals surface area contributed by atoms with Crippen LogP contribution in [-0.2, 0) is 22.6 Å². The number of carbonyl (C=O) groups is 4. The van der Waals surface area contributed by atoms with Gasteiger partial charge in [-0.2, -0.15) is 0 Å². The van der Waals surface area contributed by atoms with Gasteiger partial charge in [0.25, 0.3) is 11.8 Å².